The zero-order chi connectivity index (χ0) is 19.1. The summed E-state index contributed by atoms with van der Waals surface area (Å²) < 4.78 is 15.9. The number of amides is 1. The third-order valence-electron chi connectivity index (χ3n) is 3.85. The summed E-state index contributed by atoms with van der Waals surface area (Å²) in [5, 5.41) is 6.73. The first-order valence-corrected chi connectivity index (χ1v) is 8.57. The van der Waals surface area contributed by atoms with E-state index in [1.54, 1.807) is 7.11 Å². The van der Waals surface area contributed by atoms with Gasteiger partial charge >= 0.3 is 0 Å². The van der Waals surface area contributed by atoms with Crippen LogP contribution in [0.5, 0.6) is 11.5 Å². The van der Waals surface area contributed by atoms with Crippen LogP contribution in [0.3, 0.4) is 0 Å². The molecule has 0 bridgehead atoms. The zero-order valence-electron chi connectivity index (χ0n) is 15.3. The molecule has 7 nitrogen and oxygen atoms in total. The summed E-state index contributed by atoms with van der Waals surface area (Å²) >= 11 is 0. The van der Waals surface area contributed by atoms with Crippen LogP contribution in [0.15, 0.2) is 53.1 Å². The number of carbonyl (C=O) groups is 1. The number of hydrogen-bond donors (Lipinski definition) is 1. The summed E-state index contributed by atoms with van der Waals surface area (Å²) in [6.07, 6.45) is 0.438. The van der Waals surface area contributed by atoms with Crippen LogP contribution in [0.25, 0.3) is 11.4 Å². The summed E-state index contributed by atoms with van der Waals surface area (Å²) in [5.74, 6) is 2.11. The van der Waals surface area contributed by atoms with E-state index in [4.69, 9.17) is 14.0 Å². The Balaban J connectivity index is 1.44. The van der Waals surface area contributed by atoms with Crippen LogP contribution in [0.1, 0.15) is 11.5 Å². The molecule has 3 aromatic rings. The molecule has 0 unspecified atom stereocenters. The Morgan fingerprint density at radius 1 is 1.15 bits per heavy atom. The molecule has 140 valence electrons. The molecule has 3 rings (SSSR count). The van der Waals surface area contributed by atoms with E-state index < -0.39 is 0 Å². The Morgan fingerprint density at radius 3 is 2.74 bits per heavy atom. The van der Waals surface area contributed by atoms with Gasteiger partial charge in [-0.15, -0.1) is 0 Å². The third-order valence-corrected chi connectivity index (χ3v) is 3.85. The van der Waals surface area contributed by atoms with E-state index >= 15 is 0 Å². The van der Waals surface area contributed by atoms with Crippen molar-refractivity contribution in [2.75, 3.05) is 20.3 Å². The number of nitrogens with zero attached hydrogens (tertiary/aromatic N) is 2. The Labute approximate surface area is 157 Å². The van der Waals surface area contributed by atoms with Crippen LogP contribution < -0.4 is 14.8 Å². The summed E-state index contributed by atoms with van der Waals surface area (Å²) in [7, 11) is 1.60. The van der Waals surface area contributed by atoms with Crippen molar-refractivity contribution in [2.24, 2.45) is 0 Å². The van der Waals surface area contributed by atoms with Gasteiger partial charge in [0.1, 0.15) is 11.5 Å². The van der Waals surface area contributed by atoms with Crippen molar-refractivity contribution in [3.63, 3.8) is 0 Å². The lowest BCUT2D eigenvalue weighted by molar-refractivity contribution is -0.123. The van der Waals surface area contributed by atoms with Gasteiger partial charge in [0.05, 0.1) is 7.11 Å². The highest BCUT2D eigenvalue weighted by molar-refractivity contribution is 5.77. The van der Waals surface area contributed by atoms with Crippen LogP contribution >= 0.6 is 0 Å². The van der Waals surface area contributed by atoms with Gasteiger partial charge in [0.2, 0.25) is 11.7 Å². The maximum atomic E-state index is 11.9. The SMILES string of the molecule is COc1cccc(-c2noc(CCNC(=O)COc3ccc(C)cc3)n2)c1. The van der Waals surface area contributed by atoms with Crippen molar-refractivity contribution in [3.05, 3.63) is 60.0 Å². The molecule has 0 fully saturated rings. The molecule has 0 saturated heterocycles. The normalized spacial score (nSPS) is 10.4. The number of carbonyl (C=O) groups excluding carboxylic acids is 1. The molecule has 7 heteroatoms. The lowest BCUT2D eigenvalue weighted by Crippen LogP contribution is -2.30. The van der Waals surface area contributed by atoms with Crippen molar-refractivity contribution in [2.45, 2.75) is 13.3 Å². The second-order valence-electron chi connectivity index (χ2n) is 5.95. The molecule has 1 N–H and O–H groups in total. The monoisotopic (exact) mass is 367 g/mol. The fourth-order valence-electron chi connectivity index (χ4n) is 2.38. The van der Waals surface area contributed by atoms with Gasteiger partial charge in [-0.1, -0.05) is 35.0 Å². The van der Waals surface area contributed by atoms with Gasteiger partial charge in [0, 0.05) is 18.5 Å². The van der Waals surface area contributed by atoms with Crippen LogP contribution in [-0.2, 0) is 11.2 Å². The average molecular weight is 367 g/mol. The molecular weight excluding hydrogens is 346 g/mol. The quantitative estimate of drug-likeness (QED) is 0.659. The van der Waals surface area contributed by atoms with Gasteiger partial charge in [-0.3, -0.25) is 4.79 Å². The number of benzene rings is 2. The van der Waals surface area contributed by atoms with E-state index in [2.05, 4.69) is 15.5 Å². The highest BCUT2D eigenvalue weighted by Crippen LogP contribution is 2.21. The molecule has 0 saturated carbocycles. The van der Waals surface area contributed by atoms with Crippen LogP contribution in [0.4, 0.5) is 0 Å². The molecule has 1 aromatic heterocycles. The summed E-state index contributed by atoms with van der Waals surface area (Å²) in [5.41, 5.74) is 1.94. The molecule has 27 heavy (non-hydrogen) atoms. The molecule has 0 aliphatic carbocycles. The number of aryl methyl sites for hydroxylation is 1. The molecule has 1 amide bonds. The average Bonchev–Trinajstić information content (AvgIpc) is 3.16. The Morgan fingerprint density at radius 2 is 1.96 bits per heavy atom. The Bertz CT molecular complexity index is 890. The van der Waals surface area contributed by atoms with Crippen molar-refractivity contribution < 1.29 is 18.8 Å². The smallest absolute Gasteiger partial charge is 0.257 e. The van der Waals surface area contributed by atoms with E-state index in [-0.39, 0.29) is 12.5 Å². The molecule has 0 spiro atoms. The van der Waals surface area contributed by atoms with E-state index in [9.17, 15) is 4.79 Å². The van der Waals surface area contributed by atoms with Gasteiger partial charge in [0.15, 0.2) is 6.61 Å². The lowest BCUT2D eigenvalue weighted by atomic mass is 10.2. The number of nitrogens with one attached hydrogen (secondary N) is 1. The molecule has 0 aliphatic heterocycles. The predicted octanol–water partition coefficient (Wildman–Crippen LogP) is 2.79. The minimum atomic E-state index is -0.205. The molecule has 0 atom stereocenters. The van der Waals surface area contributed by atoms with E-state index in [1.807, 2.05) is 55.5 Å². The lowest BCUT2D eigenvalue weighted by Gasteiger charge is -2.06. The number of hydrogen-bond acceptors (Lipinski definition) is 6. The number of aromatic nitrogens is 2. The van der Waals surface area contributed by atoms with Gasteiger partial charge in [-0.25, -0.2) is 0 Å². The van der Waals surface area contributed by atoms with E-state index in [0.29, 0.717) is 30.4 Å². The summed E-state index contributed by atoms with van der Waals surface area (Å²) in [4.78, 5) is 16.2. The zero-order valence-corrected chi connectivity index (χ0v) is 15.3. The van der Waals surface area contributed by atoms with Gasteiger partial charge in [-0.2, -0.15) is 4.98 Å². The fourth-order valence-corrected chi connectivity index (χ4v) is 2.38. The minimum Gasteiger partial charge on any atom is -0.497 e. The van der Waals surface area contributed by atoms with Crippen LogP contribution in [0.2, 0.25) is 0 Å². The van der Waals surface area contributed by atoms with Gasteiger partial charge in [-0.05, 0) is 31.2 Å². The van der Waals surface area contributed by atoms with Crippen LogP contribution in [0, 0.1) is 6.92 Å². The first kappa shape index (κ1) is 18.4. The fraction of sp³-hybridized carbons (Fsp3) is 0.250. The summed E-state index contributed by atoms with van der Waals surface area (Å²) in [6, 6.07) is 14.9. The second kappa shape index (κ2) is 8.84. The maximum absolute atomic E-state index is 11.9. The maximum Gasteiger partial charge on any atom is 0.257 e. The van der Waals surface area contributed by atoms with Crippen molar-refractivity contribution in [3.8, 4) is 22.9 Å². The van der Waals surface area contributed by atoms with Crippen molar-refractivity contribution in [1.29, 1.82) is 0 Å². The topological polar surface area (TPSA) is 86.5 Å². The number of rotatable bonds is 8. The minimum absolute atomic E-state index is 0.0397. The van der Waals surface area contributed by atoms with E-state index in [1.165, 1.54) is 0 Å². The third kappa shape index (κ3) is 5.31. The molecular formula is C20H21N3O4. The second-order valence-corrected chi connectivity index (χ2v) is 5.95. The Kier molecular flexibility index (Phi) is 6.04. The first-order valence-electron chi connectivity index (χ1n) is 8.57. The standard InChI is InChI=1S/C20H21N3O4/c1-14-6-8-16(9-7-14)26-13-18(24)21-11-10-19-22-20(23-27-19)15-4-3-5-17(12-15)25-2/h3-9,12H,10-11,13H2,1-2H3,(H,21,24). The molecule has 1 heterocycles. The number of methoxy groups -OCH3 is 1. The molecule has 0 radical (unpaired) electrons. The van der Waals surface area contributed by atoms with Gasteiger partial charge < -0.3 is 19.3 Å². The van der Waals surface area contributed by atoms with Crippen LogP contribution in [-0.4, -0.2) is 36.3 Å². The first-order chi connectivity index (χ1) is 13.1. The molecule has 0 aliphatic rings. The molecule has 2 aromatic carbocycles. The highest BCUT2D eigenvalue weighted by atomic mass is 16.5. The van der Waals surface area contributed by atoms with Crippen molar-refractivity contribution >= 4 is 5.91 Å². The Hall–Kier alpha value is -3.35. The van der Waals surface area contributed by atoms with Gasteiger partial charge in [0.25, 0.3) is 5.91 Å². The predicted molar refractivity (Wildman–Crippen MR) is 99.7 cm³/mol. The highest BCUT2D eigenvalue weighted by Gasteiger charge is 2.10. The number of ether oxygens (including phenoxy) is 2. The van der Waals surface area contributed by atoms with E-state index in [0.717, 1.165) is 16.9 Å². The van der Waals surface area contributed by atoms with Crippen molar-refractivity contribution in [1.82, 2.24) is 15.5 Å². The summed E-state index contributed by atoms with van der Waals surface area (Å²) in [6.45, 7) is 2.34. The largest absolute Gasteiger partial charge is 0.497 e.